The number of aromatic nitrogens is 2. The molecule has 1 atom stereocenters. The number of furan rings is 1. The summed E-state index contributed by atoms with van der Waals surface area (Å²) >= 11 is 0. The van der Waals surface area contributed by atoms with Crippen LogP contribution in [-0.2, 0) is 9.59 Å². The van der Waals surface area contributed by atoms with Gasteiger partial charge in [0, 0.05) is 16.8 Å². The summed E-state index contributed by atoms with van der Waals surface area (Å²) in [4.78, 5) is 32.9. The number of benzene rings is 3. The first-order chi connectivity index (χ1) is 18.5. The molecule has 0 aliphatic heterocycles. The third kappa shape index (κ3) is 4.94. The van der Waals surface area contributed by atoms with Crippen LogP contribution in [0.2, 0.25) is 0 Å². The first kappa shape index (κ1) is 24.3. The van der Waals surface area contributed by atoms with Gasteiger partial charge in [0.25, 0.3) is 5.91 Å². The lowest BCUT2D eigenvalue weighted by atomic mass is 9.98. The first-order valence-corrected chi connectivity index (χ1v) is 11.8. The number of fused-ring (bicyclic) bond motifs is 1. The number of amides is 1. The van der Waals surface area contributed by atoms with Gasteiger partial charge in [-0.1, -0.05) is 78.7 Å². The van der Waals surface area contributed by atoms with Crippen molar-refractivity contribution in [1.29, 1.82) is 0 Å². The van der Waals surface area contributed by atoms with Gasteiger partial charge in [0.2, 0.25) is 5.71 Å². The predicted octanol–water partition coefficient (Wildman–Crippen LogP) is 5.76. The van der Waals surface area contributed by atoms with E-state index in [9.17, 15) is 14.7 Å². The van der Waals surface area contributed by atoms with Gasteiger partial charge in [0.15, 0.2) is 6.04 Å². The molecule has 0 aliphatic carbocycles. The van der Waals surface area contributed by atoms with Gasteiger partial charge in [-0.25, -0.2) is 14.8 Å². The van der Waals surface area contributed by atoms with Crippen LogP contribution in [0.15, 0.2) is 95.7 Å². The SMILES string of the molecule is CC#CC(=O)Nc1ccc(-c2c(-c3ccccc3)oc3ncnc(NC(C(=O)O)c4ccccc4)c23)cc1. The van der Waals surface area contributed by atoms with E-state index in [-0.39, 0.29) is 0 Å². The molecule has 5 aromatic rings. The molecule has 3 N–H and O–H groups in total. The highest BCUT2D eigenvalue weighted by Crippen LogP contribution is 2.43. The molecule has 0 radical (unpaired) electrons. The summed E-state index contributed by atoms with van der Waals surface area (Å²) in [5, 5.41) is 16.4. The molecule has 0 fully saturated rings. The Bertz CT molecular complexity index is 1670. The minimum Gasteiger partial charge on any atom is -0.479 e. The topological polar surface area (TPSA) is 117 Å². The summed E-state index contributed by atoms with van der Waals surface area (Å²) in [5.41, 5.74) is 3.75. The van der Waals surface area contributed by atoms with E-state index >= 15 is 0 Å². The van der Waals surface area contributed by atoms with E-state index in [1.54, 1.807) is 43.3 Å². The Morgan fingerprint density at radius 1 is 0.895 bits per heavy atom. The molecule has 0 aliphatic rings. The Morgan fingerprint density at radius 2 is 1.58 bits per heavy atom. The van der Waals surface area contributed by atoms with Gasteiger partial charge >= 0.3 is 5.97 Å². The van der Waals surface area contributed by atoms with Crippen LogP contribution < -0.4 is 10.6 Å². The summed E-state index contributed by atoms with van der Waals surface area (Å²) in [6.45, 7) is 1.60. The number of carboxylic acids is 1. The zero-order valence-corrected chi connectivity index (χ0v) is 20.3. The molecule has 0 saturated heterocycles. The third-order valence-corrected chi connectivity index (χ3v) is 5.86. The van der Waals surface area contributed by atoms with Gasteiger partial charge in [-0.2, -0.15) is 0 Å². The molecule has 0 saturated carbocycles. The van der Waals surface area contributed by atoms with Crippen LogP contribution in [0.5, 0.6) is 0 Å². The molecule has 3 aromatic carbocycles. The molecule has 0 bridgehead atoms. The third-order valence-electron chi connectivity index (χ3n) is 5.86. The van der Waals surface area contributed by atoms with Crippen LogP contribution in [0.3, 0.4) is 0 Å². The lowest BCUT2D eigenvalue weighted by Gasteiger charge is -2.16. The number of nitrogens with one attached hydrogen (secondary N) is 2. The number of rotatable bonds is 7. The largest absolute Gasteiger partial charge is 0.479 e. The fraction of sp³-hybridized carbons (Fsp3) is 0.0667. The van der Waals surface area contributed by atoms with E-state index in [1.165, 1.54) is 6.33 Å². The van der Waals surface area contributed by atoms with Crippen LogP contribution >= 0.6 is 0 Å². The molecule has 186 valence electrons. The fourth-order valence-corrected chi connectivity index (χ4v) is 4.18. The highest BCUT2D eigenvalue weighted by Gasteiger charge is 2.26. The first-order valence-electron chi connectivity index (χ1n) is 11.8. The maximum atomic E-state index is 12.2. The van der Waals surface area contributed by atoms with Crippen molar-refractivity contribution < 1.29 is 19.1 Å². The fourth-order valence-electron chi connectivity index (χ4n) is 4.18. The number of nitrogens with zero attached hydrogens (tertiary/aromatic N) is 2. The molecule has 5 rings (SSSR count). The Kier molecular flexibility index (Phi) is 6.83. The molecule has 1 unspecified atom stereocenters. The van der Waals surface area contributed by atoms with Gasteiger partial charge < -0.3 is 20.2 Å². The van der Waals surface area contributed by atoms with E-state index in [0.717, 1.165) is 11.1 Å². The molecular weight excluding hydrogens is 480 g/mol. The molecule has 8 nitrogen and oxygen atoms in total. The van der Waals surface area contributed by atoms with Crippen LogP contribution in [0.1, 0.15) is 18.5 Å². The Hall–Kier alpha value is -5.42. The molecule has 38 heavy (non-hydrogen) atoms. The standard InChI is InChI=1S/C30H22N4O4/c1-2-9-23(35)33-22-16-14-19(15-17-22)24-25-28(34-26(30(36)37)20-10-5-3-6-11-20)31-18-32-29(25)38-27(24)21-12-7-4-8-13-21/h3-8,10-18,26H,1H3,(H,33,35)(H,36,37)(H,31,32,34). The lowest BCUT2D eigenvalue weighted by Crippen LogP contribution is -2.21. The van der Waals surface area contributed by atoms with E-state index in [1.807, 2.05) is 48.5 Å². The van der Waals surface area contributed by atoms with Crippen molar-refractivity contribution in [3.05, 3.63) is 96.8 Å². The van der Waals surface area contributed by atoms with Crippen molar-refractivity contribution >= 4 is 34.5 Å². The van der Waals surface area contributed by atoms with Crippen molar-refractivity contribution in [2.75, 3.05) is 10.6 Å². The monoisotopic (exact) mass is 502 g/mol. The van der Waals surface area contributed by atoms with Crippen molar-refractivity contribution in [3.8, 4) is 34.3 Å². The van der Waals surface area contributed by atoms with Crippen molar-refractivity contribution in [2.45, 2.75) is 13.0 Å². The summed E-state index contributed by atoms with van der Waals surface area (Å²) < 4.78 is 6.23. The molecule has 2 heterocycles. The molecule has 1 amide bonds. The lowest BCUT2D eigenvalue weighted by molar-refractivity contribution is -0.138. The van der Waals surface area contributed by atoms with Gasteiger partial charge in [-0.05, 0) is 36.1 Å². The number of aliphatic carboxylic acids is 1. The Balaban J connectivity index is 1.66. The summed E-state index contributed by atoms with van der Waals surface area (Å²) in [5.74, 6) is 4.45. The molecule has 0 spiro atoms. The van der Waals surface area contributed by atoms with Gasteiger partial charge in [0.05, 0.1) is 5.39 Å². The number of carbonyl (C=O) groups excluding carboxylic acids is 1. The molecule has 8 heteroatoms. The number of carboxylic acid groups (broad SMARTS) is 1. The van der Waals surface area contributed by atoms with Crippen LogP contribution in [0, 0.1) is 11.8 Å². The van der Waals surface area contributed by atoms with E-state index in [2.05, 4.69) is 32.4 Å². The van der Waals surface area contributed by atoms with Crippen molar-refractivity contribution in [1.82, 2.24) is 9.97 Å². The average molecular weight is 503 g/mol. The van der Waals surface area contributed by atoms with E-state index < -0.39 is 17.9 Å². The second kappa shape index (κ2) is 10.7. The summed E-state index contributed by atoms with van der Waals surface area (Å²) in [6.07, 6.45) is 1.34. The van der Waals surface area contributed by atoms with Crippen LogP contribution in [0.25, 0.3) is 33.6 Å². The normalized spacial score (nSPS) is 11.3. The quantitative estimate of drug-likeness (QED) is 0.242. The second-order valence-electron chi connectivity index (χ2n) is 8.31. The maximum Gasteiger partial charge on any atom is 0.330 e. The Labute approximate surface area is 218 Å². The van der Waals surface area contributed by atoms with Gasteiger partial charge in [-0.15, -0.1) is 0 Å². The maximum absolute atomic E-state index is 12.2. The van der Waals surface area contributed by atoms with E-state index in [0.29, 0.717) is 39.5 Å². The zero-order chi connectivity index (χ0) is 26.5. The number of carbonyl (C=O) groups is 2. The van der Waals surface area contributed by atoms with E-state index in [4.69, 9.17) is 4.42 Å². The van der Waals surface area contributed by atoms with Crippen molar-refractivity contribution in [2.24, 2.45) is 0 Å². The minimum absolute atomic E-state index is 0.309. The highest BCUT2D eigenvalue weighted by molar-refractivity contribution is 6.07. The molecular formula is C30H22N4O4. The smallest absolute Gasteiger partial charge is 0.330 e. The number of anilines is 2. The van der Waals surface area contributed by atoms with Gasteiger partial charge in [0.1, 0.15) is 17.9 Å². The summed E-state index contributed by atoms with van der Waals surface area (Å²) in [7, 11) is 0. The average Bonchev–Trinajstić information content (AvgIpc) is 3.33. The summed E-state index contributed by atoms with van der Waals surface area (Å²) in [6, 6.07) is 24.6. The van der Waals surface area contributed by atoms with Gasteiger partial charge in [-0.3, -0.25) is 4.79 Å². The highest BCUT2D eigenvalue weighted by atomic mass is 16.4. The zero-order valence-electron chi connectivity index (χ0n) is 20.3. The second-order valence-corrected chi connectivity index (χ2v) is 8.31. The molecule has 2 aromatic heterocycles. The number of hydrogen-bond acceptors (Lipinski definition) is 6. The Morgan fingerprint density at radius 3 is 2.24 bits per heavy atom. The number of hydrogen-bond donors (Lipinski definition) is 3. The minimum atomic E-state index is -1.05. The van der Waals surface area contributed by atoms with Crippen LogP contribution in [-0.4, -0.2) is 27.0 Å². The van der Waals surface area contributed by atoms with Crippen molar-refractivity contribution in [3.63, 3.8) is 0 Å². The van der Waals surface area contributed by atoms with Crippen LogP contribution in [0.4, 0.5) is 11.5 Å². The predicted molar refractivity (Wildman–Crippen MR) is 145 cm³/mol.